The van der Waals surface area contributed by atoms with E-state index in [4.69, 9.17) is 0 Å². The molecule has 0 saturated carbocycles. The van der Waals surface area contributed by atoms with E-state index in [0.717, 1.165) is 10.2 Å². The van der Waals surface area contributed by atoms with Crippen LogP contribution in [0.25, 0.3) is 0 Å². The molecule has 0 radical (unpaired) electrons. The number of hydrogen-bond donors (Lipinski definition) is 2. The number of H-pyrrole nitrogens is 1. The summed E-state index contributed by atoms with van der Waals surface area (Å²) in [7, 11) is 0. The highest BCUT2D eigenvalue weighted by molar-refractivity contribution is 9.10. The molecule has 5 nitrogen and oxygen atoms in total. The average Bonchev–Trinajstić information content (AvgIpc) is 2.82. The first-order chi connectivity index (χ1) is 8.25. The highest BCUT2D eigenvalue weighted by atomic mass is 79.9. The Hall–Kier alpha value is -1.34. The van der Waals surface area contributed by atoms with Crippen LogP contribution in [0.5, 0.6) is 0 Å². The summed E-state index contributed by atoms with van der Waals surface area (Å²) >= 11 is 4.67. The zero-order valence-corrected chi connectivity index (χ0v) is 11.1. The van der Waals surface area contributed by atoms with Crippen molar-refractivity contribution >= 4 is 39.3 Å². The molecule has 0 aliphatic rings. The Morgan fingerprint density at radius 1 is 1.47 bits per heavy atom. The number of aromatic nitrogens is 3. The van der Waals surface area contributed by atoms with E-state index in [1.807, 2.05) is 24.3 Å². The predicted molar refractivity (Wildman–Crippen MR) is 69.9 cm³/mol. The molecule has 17 heavy (non-hydrogen) atoms. The molecular formula is C10H9BrN4OS. The molecule has 0 unspecified atom stereocenters. The molecule has 0 fully saturated rings. The fourth-order valence-electron chi connectivity index (χ4n) is 1.15. The van der Waals surface area contributed by atoms with Gasteiger partial charge in [0, 0.05) is 4.47 Å². The Morgan fingerprint density at radius 2 is 2.29 bits per heavy atom. The van der Waals surface area contributed by atoms with Gasteiger partial charge in [0.25, 0.3) is 0 Å². The van der Waals surface area contributed by atoms with E-state index in [0.29, 0.717) is 5.16 Å². The highest BCUT2D eigenvalue weighted by Crippen LogP contribution is 2.21. The Labute approximate surface area is 111 Å². The first-order valence-electron chi connectivity index (χ1n) is 4.78. The summed E-state index contributed by atoms with van der Waals surface area (Å²) < 4.78 is 0.859. The minimum absolute atomic E-state index is 0.0849. The van der Waals surface area contributed by atoms with Gasteiger partial charge >= 0.3 is 0 Å². The maximum atomic E-state index is 11.6. The SMILES string of the molecule is O=C(CSc1ncn[nH]1)Nc1ccccc1Br. The van der Waals surface area contributed by atoms with Crippen molar-refractivity contribution in [2.75, 3.05) is 11.1 Å². The number of amides is 1. The minimum Gasteiger partial charge on any atom is -0.324 e. The lowest BCUT2D eigenvalue weighted by atomic mass is 10.3. The van der Waals surface area contributed by atoms with Crippen LogP contribution in [-0.4, -0.2) is 26.8 Å². The molecule has 1 aromatic heterocycles. The first kappa shape index (κ1) is 12.1. The molecule has 0 bridgehead atoms. The van der Waals surface area contributed by atoms with Crippen molar-refractivity contribution in [3.8, 4) is 0 Å². The van der Waals surface area contributed by atoms with Gasteiger partial charge in [-0.25, -0.2) is 4.98 Å². The van der Waals surface area contributed by atoms with E-state index < -0.39 is 0 Å². The van der Waals surface area contributed by atoms with Crippen LogP contribution >= 0.6 is 27.7 Å². The number of halogens is 1. The lowest BCUT2D eigenvalue weighted by molar-refractivity contribution is -0.113. The molecule has 7 heteroatoms. The van der Waals surface area contributed by atoms with Crippen molar-refractivity contribution in [1.82, 2.24) is 15.2 Å². The molecule has 1 heterocycles. The van der Waals surface area contributed by atoms with Crippen molar-refractivity contribution in [3.05, 3.63) is 35.1 Å². The number of carbonyl (C=O) groups excluding carboxylic acids is 1. The number of aromatic amines is 1. The number of benzene rings is 1. The fraction of sp³-hybridized carbons (Fsp3) is 0.100. The smallest absolute Gasteiger partial charge is 0.234 e. The van der Waals surface area contributed by atoms with Gasteiger partial charge in [0.2, 0.25) is 5.91 Å². The molecule has 0 saturated heterocycles. The highest BCUT2D eigenvalue weighted by Gasteiger charge is 2.06. The molecule has 2 rings (SSSR count). The normalized spacial score (nSPS) is 10.2. The Bertz CT molecular complexity index is 503. The van der Waals surface area contributed by atoms with Crippen LogP contribution in [0.1, 0.15) is 0 Å². The number of nitrogens with one attached hydrogen (secondary N) is 2. The largest absolute Gasteiger partial charge is 0.324 e. The van der Waals surface area contributed by atoms with Crippen LogP contribution in [0.4, 0.5) is 5.69 Å². The van der Waals surface area contributed by atoms with Gasteiger partial charge in [0.1, 0.15) is 6.33 Å². The van der Waals surface area contributed by atoms with Gasteiger partial charge in [0.15, 0.2) is 5.16 Å². The van der Waals surface area contributed by atoms with Crippen LogP contribution in [-0.2, 0) is 4.79 Å². The van der Waals surface area contributed by atoms with Gasteiger partial charge in [-0.15, -0.1) is 0 Å². The second kappa shape index (κ2) is 5.83. The molecule has 2 aromatic rings. The number of anilines is 1. The first-order valence-corrected chi connectivity index (χ1v) is 6.56. The average molecular weight is 313 g/mol. The molecule has 0 aliphatic carbocycles. The summed E-state index contributed by atoms with van der Waals surface area (Å²) in [6.45, 7) is 0. The Morgan fingerprint density at radius 3 is 3.00 bits per heavy atom. The van der Waals surface area contributed by atoms with Gasteiger partial charge in [-0.05, 0) is 28.1 Å². The summed E-state index contributed by atoms with van der Waals surface area (Å²) in [5.41, 5.74) is 0.760. The molecule has 0 atom stereocenters. The van der Waals surface area contributed by atoms with Gasteiger partial charge in [0.05, 0.1) is 11.4 Å². The van der Waals surface area contributed by atoms with Crippen LogP contribution in [0.15, 0.2) is 40.2 Å². The molecular weight excluding hydrogens is 304 g/mol. The van der Waals surface area contributed by atoms with E-state index >= 15 is 0 Å². The second-order valence-corrected chi connectivity index (χ2v) is 4.93. The standard InChI is InChI=1S/C10H9BrN4OS/c11-7-3-1-2-4-8(7)14-9(16)5-17-10-12-6-13-15-10/h1-4,6H,5H2,(H,14,16)(H,12,13,15). The van der Waals surface area contributed by atoms with Gasteiger partial charge in [-0.1, -0.05) is 23.9 Å². The number of thioether (sulfide) groups is 1. The van der Waals surface area contributed by atoms with E-state index in [2.05, 4.69) is 36.4 Å². The molecule has 0 spiro atoms. The third kappa shape index (κ3) is 3.57. The van der Waals surface area contributed by atoms with Crippen LogP contribution < -0.4 is 5.32 Å². The van der Waals surface area contributed by atoms with Gasteiger partial charge in [-0.3, -0.25) is 9.89 Å². The zero-order chi connectivity index (χ0) is 12.1. The topological polar surface area (TPSA) is 70.7 Å². The molecule has 88 valence electrons. The van der Waals surface area contributed by atoms with E-state index in [1.54, 1.807) is 0 Å². The van der Waals surface area contributed by atoms with Gasteiger partial charge in [-0.2, -0.15) is 5.10 Å². The number of para-hydroxylation sites is 1. The maximum Gasteiger partial charge on any atom is 0.234 e. The summed E-state index contributed by atoms with van der Waals surface area (Å²) in [6.07, 6.45) is 1.41. The van der Waals surface area contributed by atoms with Crippen molar-refractivity contribution in [3.63, 3.8) is 0 Å². The van der Waals surface area contributed by atoms with E-state index in [-0.39, 0.29) is 11.7 Å². The molecule has 1 aromatic carbocycles. The van der Waals surface area contributed by atoms with Crippen molar-refractivity contribution in [2.24, 2.45) is 0 Å². The quantitative estimate of drug-likeness (QED) is 0.850. The zero-order valence-electron chi connectivity index (χ0n) is 8.68. The lowest BCUT2D eigenvalue weighted by Gasteiger charge is -2.05. The minimum atomic E-state index is -0.0849. The summed E-state index contributed by atoms with van der Waals surface area (Å²) in [6, 6.07) is 7.47. The monoisotopic (exact) mass is 312 g/mol. The number of nitrogens with zero attached hydrogens (tertiary/aromatic N) is 2. The van der Waals surface area contributed by atoms with Crippen molar-refractivity contribution < 1.29 is 4.79 Å². The third-order valence-corrected chi connectivity index (χ3v) is 3.45. The number of rotatable bonds is 4. The number of hydrogen-bond acceptors (Lipinski definition) is 4. The van der Waals surface area contributed by atoms with Crippen LogP contribution in [0.3, 0.4) is 0 Å². The summed E-state index contributed by atoms with van der Waals surface area (Å²) in [5, 5.41) is 9.82. The van der Waals surface area contributed by atoms with E-state index in [1.165, 1.54) is 18.1 Å². The summed E-state index contributed by atoms with van der Waals surface area (Å²) in [5.74, 6) is 0.203. The summed E-state index contributed by atoms with van der Waals surface area (Å²) in [4.78, 5) is 15.6. The molecule has 2 N–H and O–H groups in total. The van der Waals surface area contributed by atoms with Crippen LogP contribution in [0, 0.1) is 0 Å². The Balaban J connectivity index is 1.87. The number of carbonyl (C=O) groups is 1. The third-order valence-electron chi connectivity index (χ3n) is 1.88. The fourth-order valence-corrected chi connectivity index (χ4v) is 2.11. The second-order valence-electron chi connectivity index (χ2n) is 3.11. The van der Waals surface area contributed by atoms with Crippen LogP contribution in [0.2, 0.25) is 0 Å². The van der Waals surface area contributed by atoms with Crippen molar-refractivity contribution in [1.29, 1.82) is 0 Å². The maximum absolute atomic E-state index is 11.6. The Kier molecular flexibility index (Phi) is 4.16. The molecule has 0 aliphatic heterocycles. The lowest BCUT2D eigenvalue weighted by Crippen LogP contribution is -2.14. The van der Waals surface area contributed by atoms with Gasteiger partial charge < -0.3 is 5.32 Å². The predicted octanol–water partition coefficient (Wildman–Crippen LogP) is 2.30. The van der Waals surface area contributed by atoms with Crippen molar-refractivity contribution in [2.45, 2.75) is 5.16 Å². The molecule has 1 amide bonds. The van der Waals surface area contributed by atoms with E-state index in [9.17, 15) is 4.79 Å².